The van der Waals surface area contributed by atoms with E-state index in [0.717, 1.165) is 6.04 Å². The highest BCUT2D eigenvalue weighted by molar-refractivity contribution is 4.78. The van der Waals surface area contributed by atoms with Crippen LogP contribution in [0.2, 0.25) is 0 Å². The van der Waals surface area contributed by atoms with Crippen molar-refractivity contribution < 1.29 is 1.43 Å². The summed E-state index contributed by atoms with van der Waals surface area (Å²) in [6.45, 7) is 4.00. The third-order valence-corrected chi connectivity index (χ3v) is 2.47. The first-order valence-electron chi connectivity index (χ1n) is 5.12. The fourth-order valence-corrected chi connectivity index (χ4v) is 1.62. The molecule has 0 saturated heterocycles. The molecule has 0 aromatic rings. The van der Waals surface area contributed by atoms with Crippen LogP contribution in [-0.2, 0) is 0 Å². The summed E-state index contributed by atoms with van der Waals surface area (Å²) in [4.78, 5) is 2.31. The molecule has 0 aromatic carbocycles. The van der Waals surface area contributed by atoms with E-state index in [0.29, 0.717) is 6.04 Å². The van der Waals surface area contributed by atoms with Crippen LogP contribution in [0.4, 0.5) is 0 Å². The molecule has 0 heterocycles. The molecular formula is C10H29N3. The van der Waals surface area contributed by atoms with Gasteiger partial charge in [-0.05, 0) is 39.8 Å². The summed E-state index contributed by atoms with van der Waals surface area (Å²) >= 11 is 0. The molecule has 0 unspecified atom stereocenters. The molecule has 0 atom stereocenters. The molecule has 0 aromatic heterocycles. The van der Waals surface area contributed by atoms with Crippen LogP contribution in [0.1, 0.15) is 41.0 Å². The molecule has 0 radical (unpaired) electrons. The highest BCUT2D eigenvalue weighted by Crippen LogP contribution is 2.19. The van der Waals surface area contributed by atoms with E-state index >= 15 is 0 Å². The summed E-state index contributed by atoms with van der Waals surface area (Å²) in [5.41, 5.74) is 5.78. The minimum atomic E-state index is 0. The summed E-state index contributed by atoms with van der Waals surface area (Å²) in [6, 6.07) is 1.27. The molecule has 1 rings (SSSR count). The maximum Gasteiger partial charge on any atom is 0.00903 e. The minimum Gasteiger partial charge on any atom is -0.344 e. The van der Waals surface area contributed by atoms with Gasteiger partial charge in [-0.15, -0.1) is 0 Å². The van der Waals surface area contributed by atoms with E-state index in [1.165, 1.54) is 25.7 Å². The normalized spacial score (nSPS) is 27.2. The molecule has 0 amide bonds. The first-order chi connectivity index (χ1) is 5.70. The van der Waals surface area contributed by atoms with Gasteiger partial charge in [0.25, 0.3) is 0 Å². The van der Waals surface area contributed by atoms with Crippen LogP contribution in [0.15, 0.2) is 0 Å². The molecule has 1 aliphatic carbocycles. The third-order valence-electron chi connectivity index (χ3n) is 2.47. The monoisotopic (exact) mass is 191 g/mol. The summed E-state index contributed by atoms with van der Waals surface area (Å²) in [5, 5.41) is 0. The molecule has 84 valence electrons. The van der Waals surface area contributed by atoms with E-state index in [9.17, 15) is 0 Å². The van der Waals surface area contributed by atoms with Crippen LogP contribution in [-0.4, -0.2) is 31.1 Å². The van der Waals surface area contributed by atoms with Crippen LogP contribution >= 0.6 is 0 Å². The van der Waals surface area contributed by atoms with Crippen LogP contribution < -0.4 is 11.9 Å². The molecule has 0 spiro atoms. The average molecular weight is 191 g/mol. The van der Waals surface area contributed by atoms with Crippen molar-refractivity contribution in [3.63, 3.8) is 0 Å². The van der Waals surface area contributed by atoms with Crippen LogP contribution in [0.25, 0.3) is 0 Å². The lowest BCUT2D eigenvalue weighted by Gasteiger charge is -2.30. The van der Waals surface area contributed by atoms with Gasteiger partial charge in [0.2, 0.25) is 0 Å². The number of rotatable bonds is 1. The third kappa shape index (κ3) is 6.02. The van der Waals surface area contributed by atoms with Gasteiger partial charge in [-0.1, -0.05) is 13.8 Å². The summed E-state index contributed by atoms with van der Waals surface area (Å²) in [5.74, 6) is 0. The summed E-state index contributed by atoms with van der Waals surface area (Å²) in [6.07, 6.45) is 4.99. The summed E-state index contributed by atoms with van der Waals surface area (Å²) < 4.78 is 0. The van der Waals surface area contributed by atoms with Gasteiger partial charge in [0.15, 0.2) is 0 Å². The van der Waals surface area contributed by atoms with Gasteiger partial charge in [-0.3, -0.25) is 0 Å². The lowest BCUT2D eigenvalue weighted by molar-refractivity contribution is 0.217. The second-order valence-electron chi connectivity index (χ2n) is 3.53. The Kier molecular flexibility index (Phi) is 10.0. The van der Waals surface area contributed by atoms with E-state index in [1.807, 2.05) is 13.8 Å². The van der Waals surface area contributed by atoms with Crippen LogP contribution in [0, 0.1) is 0 Å². The number of hydrogen-bond donors (Lipinski definition) is 2. The Labute approximate surface area is 84.7 Å². The van der Waals surface area contributed by atoms with Crippen molar-refractivity contribution in [2.45, 2.75) is 51.6 Å². The number of nitrogens with zero attached hydrogens (tertiary/aromatic N) is 1. The van der Waals surface area contributed by atoms with Gasteiger partial charge in [-0.2, -0.15) is 0 Å². The van der Waals surface area contributed by atoms with E-state index < -0.39 is 0 Å². The average Bonchev–Trinajstić information content (AvgIpc) is 2.09. The van der Waals surface area contributed by atoms with E-state index in [-0.39, 0.29) is 7.58 Å². The zero-order valence-electron chi connectivity index (χ0n) is 9.71. The number of hydrogen-bond acceptors (Lipinski definition) is 3. The second kappa shape index (κ2) is 8.48. The van der Waals surface area contributed by atoms with Gasteiger partial charge in [0.1, 0.15) is 0 Å². The largest absolute Gasteiger partial charge is 0.344 e. The first-order valence-corrected chi connectivity index (χ1v) is 5.12. The first kappa shape index (κ1) is 15.4. The Morgan fingerprint density at radius 1 is 1.08 bits per heavy atom. The van der Waals surface area contributed by atoms with Crippen molar-refractivity contribution in [2.75, 3.05) is 14.1 Å². The highest BCUT2D eigenvalue weighted by atomic mass is 15.1. The Morgan fingerprint density at radius 2 is 1.46 bits per heavy atom. The van der Waals surface area contributed by atoms with Crippen molar-refractivity contribution in [3.8, 4) is 0 Å². The quantitative estimate of drug-likeness (QED) is 0.668. The fourth-order valence-electron chi connectivity index (χ4n) is 1.62. The van der Waals surface area contributed by atoms with Crippen LogP contribution in [0.3, 0.4) is 0 Å². The highest BCUT2D eigenvalue weighted by Gasteiger charge is 2.19. The molecule has 0 aliphatic heterocycles. The Morgan fingerprint density at radius 3 is 1.77 bits per heavy atom. The lowest BCUT2D eigenvalue weighted by Crippen LogP contribution is -2.36. The van der Waals surface area contributed by atoms with Crippen molar-refractivity contribution in [3.05, 3.63) is 0 Å². The Balaban J connectivity index is -0.000000284. The smallest absolute Gasteiger partial charge is 0.00903 e. The molecule has 1 saturated carbocycles. The predicted molar refractivity (Wildman–Crippen MR) is 62.4 cm³/mol. The maximum absolute atomic E-state index is 5.78. The fraction of sp³-hybridized carbons (Fsp3) is 1.00. The van der Waals surface area contributed by atoms with Gasteiger partial charge in [0, 0.05) is 13.5 Å². The predicted octanol–water partition coefficient (Wildman–Crippen LogP) is 2.25. The molecule has 3 heteroatoms. The second-order valence-corrected chi connectivity index (χ2v) is 3.53. The van der Waals surface area contributed by atoms with Crippen molar-refractivity contribution in [1.29, 1.82) is 0 Å². The van der Waals surface area contributed by atoms with Crippen LogP contribution in [0.5, 0.6) is 0 Å². The number of nitrogens with two attached hydrogens (primary N) is 1. The van der Waals surface area contributed by atoms with Gasteiger partial charge in [0.05, 0.1) is 0 Å². The lowest BCUT2D eigenvalue weighted by atomic mass is 9.91. The molecule has 3 nitrogen and oxygen atoms in total. The van der Waals surface area contributed by atoms with Gasteiger partial charge < -0.3 is 16.8 Å². The van der Waals surface area contributed by atoms with Crippen molar-refractivity contribution >= 4 is 0 Å². The zero-order valence-corrected chi connectivity index (χ0v) is 9.71. The van der Waals surface area contributed by atoms with Crippen molar-refractivity contribution in [2.24, 2.45) is 5.73 Å². The molecule has 0 bridgehead atoms. The van der Waals surface area contributed by atoms with Crippen molar-refractivity contribution in [1.82, 2.24) is 11.1 Å². The topological polar surface area (TPSA) is 64.3 Å². The Hall–Kier alpha value is -0.120. The SMILES string of the molecule is CC.CN(C)C1CCC(N)CC1.N.[HH]. The molecule has 1 fully saturated rings. The van der Waals surface area contributed by atoms with E-state index in [1.54, 1.807) is 0 Å². The zero-order chi connectivity index (χ0) is 9.56. The molecule has 13 heavy (non-hydrogen) atoms. The summed E-state index contributed by atoms with van der Waals surface area (Å²) in [7, 11) is 4.31. The van der Waals surface area contributed by atoms with Gasteiger partial charge in [-0.25, -0.2) is 0 Å². The maximum atomic E-state index is 5.78. The standard InChI is InChI=1S/C8H18N2.C2H6.H3N.H2/c1-10(2)8-5-3-7(9)4-6-8;1-2;;/h7-8H,3-6,9H2,1-2H3;1-2H3;1H3;1H. The molecule has 5 N–H and O–H groups in total. The van der Waals surface area contributed by atoms with E-state index in [2.05, 4.69) is 19.0 Å². The van der Waals surface area contributed by atoms with Gasteiger partial charge >= 0.3 is 0 Å². The molecule has 1 aliphatic rings. The Bertz CT molecular complexity index is 102. The minimum absolute atomic E-state index is 0. The van der Waals surface area contributed by atoms with E-state index in [4.69, 9.17) is 5.73 Å². The molecular weight excluding hydrogens is 162 g/mol.